The summed E-state index contributed by atoms with van der Waals surface area (Å²) in [5.74, 6) is 1.67. The van der Waals surface area contributed by atoms with Crippen LogP contribution in [0.5, 0.6) is 5.75 Å². The van der Waals surface area contributed by atoms with Gasteiger partial charge in [0.15, 0.2) is 0 Å². The average Bonchev–Trinajstić information content (AvgIpc) is 2.75. The number of rotatable bonds is 4. The first-order valence-corrected chi connectivity index (χ1v) is 6.92. The van der Waals surface area contributed by atoms with Crippen molar-refractivity contribution in [2.24, 2.45) is 0 Å². The fraction of sp³-hybridized carbons (Fsp3) is 0.625. The zero-order chi connectivity index (χ0) is 12.3. The van der Waals surface area contributed by atoms with Crippen LogP contribution in [0.3, 0.4) is 0 Å². The Kier molecular flexibility index (Phi) is 3.76. The second-order valence-electron chi connectivity index (χ2n) is 5.64. The van der Waals surface area contributed by atoms with Crippen LogP contribution in [0.25, 0.3) is 0 Å². The van der Waals surface area contributed by atoms with Crippen LogP contribution in [0.4, 0.5) is 0 Å². The molecule has 1 aliphatic carbocycles. The summed E-state index contributed by atoms with van der Waals surface area (Å²) in [6.07, 6.45) is 6.19. The van der Waals surface area contributed by atoms with Gasteiger partial charge in [-0.2, -0.15) is 0 Å². The maximum absolute atomic E-state index is 6.20. The van der Waals surface area contributed by atoms with Gasteiger partial charge in [0.05, 0.1) is 0 Å². The van der Waals surface area contributed by atoms with E-state index in [4.69, 9.17) is 4.74 Å². The number of ether oxygens (including phenoxy) is 1. The Morgan fingerprint density at radius 3 is 2.65 bits per heavy atom. The molecule has 1 fully saturated rings. The Hall–Kier alpha value is -0.980. The standard InChI is InChI=1S/C16H24O/c1-4-13(2)14-8-7-9-15(12-14)17-16(3)10-5-6-11-16/h7-9,12-13H,4-6,10-11H2,1-3H3. The summed E-state index contributed by atoms with van der Waals surface area (Å²) in [5, 5.41) is 0. The van der Waals surface area contributed by atoms with Gasteiger partial charge in [0.2, 0.25) is 0 Å². The molecule has 1 aliphatic rings. The lowest BCUT2D eigenvalue weighted by molar-refractivity contribution is 0.0967. The Morgan fingerprint density at radius 2 is 2.00 bits per heavy atom. The van der Waals surface area contributed by atoms with E-state index in [0.29, 0.717) is 5.92 Å². The van der Waals surface area contributed by atoms with Crippen molar-refractivity contribution >= 4 is 0 Å². The summed E-state index contributed by atoms with van der Waals surface area (Å²) in [6, 6.07) is 8.64. The largest absolute Gasteiger partial charge is 0.488 e. The minimum Gasteiger partial charge on any atom is -0.488 e. The van der Waals surface area contributed by atoms with Crippen molar-refractivity contribution in [1.29, 1.82) is 0 Å². The maximum Gasteiger partial charge on any atom is 0.120 e. The molecule has 0 spiro atoms. The molecule has 1 unspecified atom stereocenters. The number of hydrogen-bond acceptors (Lipinski definition) is 1. The average molecular weight is 232 g/mol. The summed E-state index contributed by atoms with van der Waals surface area (Å²) < 4.78 is 6.20. The smallest absolute Gasteiger partial charge is 0.120 e. The first-order valence-electron chi connectivity index (χ1n) is 6.92. The van der Waals surface area contributed by atoms with Crippen LogP contribution in [-0.2, 0) is 0 Å². The molecule has 1 nitrogen and oxygen atoms in total. The highest BCUT2D eigenvalue weighted by Gasteiger charge is 2.30. The SMILES string of the molecule is CCC(C)c1cccc(OC2(C)CCCC2)c1. The fourth-order valence-corrected chi connectivity index (χ4v) is 2.63. The molecule has 0 amide bonds. The van der Waals surface area contributed by atoms with E-state index in [9.17, 15) is 0 Å². The van der Waals surface area contributed by atoms with E-state index in [1.807, 2.05) is 0 Å². The predicted molar refractivity (Wildman–Crippen MR) is 72.6 cm³/mol. The van der Waals surface area contributed by atoms with Gasteiger partial charge in [-0.25, -0.2) is 0 Å². The Bertz CT molecular complexity index is 364. The molecule has 0 aromatic heterocycles. The van der Waals surface area contributed by atoms with E-state index in [-0.39, 0.29) is 5.60 Å². The molecule has 0 saturated heterocycles. The van der Waals surface area contributed by atoms with Crippen LogP contribution < -0.4 is 4.74 Å². The van der Waals surface area contributed by atoms with E-state index < -0.39 is 0 Å². The lowest BCUT2D eigenvalue weighted by Crippen LogP contribution is -2.28. The van der Waals surface area contributed by atoms with Gasteiger partial charge in [-0.05, 0) is 62.6 Å². The topological polar surface area (TPSA) is 9.23 Å². The van der Waals surface area contributed by atoms with E-state index in [1.54, 1.807) is 0 Å². The molecule has 2 rings (SSSR count). The molecule has 0 heterocycles. The van der Waals surface area contributed by atoms with Crippen molar-refractivity contribution in [3.05, 3.63) is 29.8 Å². The van der Waals surface area contributed by atoms with E-state index >= 15 is 0 Å². The molecule has 17 heavy (non-hydrogen) atoms. The van der Waals surface area contributed by atoms with Gasteiger partial charge in [-0.15, -0.1) is 0 Å². The van der Waals surface area contributed by atoms with Crippen molar-refractivity contribution in [3.63, 3.8) is 0 Å². The van der Waals surface area contributed by atoms with Gasteiger partial charge in [0.1, 0.15) is 11.4 Å². The van der Waals surface area contributed by atoms with Crippen molar-refractivity contribution in [3.8, 4) is 5.75 Å². The molecular weight excluding hydrogens is 208 g/mol. The van der Waals surface area contributed by atoms with Crippen molar-refractivity contribution in [1.82, 2.24) is 0 Å². The second kappa shape index (κ2) is 5.12. The molecule has 0 bridgehead atoms. The summed E-state index contributed by atoms with van der Waals surface area (Å²) in [6.45, 7) is 6.75. The fourth-order valence-electron chi connectivity index (χ4n) is 2.63. The van der Waals surface area contributed by atoms with Gasteiger partial charge < -0.3 is 4.74 Å². The third-order valence-electron chi connectivity index (χ3n) is 4.06. The van der Waals surface area contributed by atoms with Gasteiger partial charge in [-0.3, -0.25) is 0 Å². The van der Waals surface area contributed by atoms with Crippen LogP contribution in [0.1, 0.15) is 64.4 Å². The molecule has 1 heteroatoms. The van der Waals surface area contributed by atoms with E-state index in [2.05, 4.69) is 45.0 Å². The number of hydrogen-bond donors (Lipinski definition) is 0. The molecule has 0 aliphatic heterocycles. The maximum atomic E-state index is 6.20. The lowest BCUT2D eigenvalue weighted by Gasteiger charge is -2.26. The highest BCUT2D eigenvalue weighted by molar-refractivity contribution is 5.31. The minimum absolute atomic E-state index is 0.0775. The van der Waals surface area contributed by atoms with Crippen molar-refractivity contribution < 1.29 is 4.74 Å². The van der Waals surface area contributed by atoms with Gasteiger partial charge >= 0.3 is 0 Å². The number of benzene rings is 1. The molecule has 94 valence electrons. The predicted octanol–water partition coefficient (Wildman–Crippen LogP) is 4.91. The minimum atomic E-state index is 0.0775. The summed E-state index contributed by atoms with van der Waals surface area (Å²) in [5.41, 5.74) is 1.47. The third kappa shape index (κ3) is 3.02. The van der Waals surface area contributed by atoms with Gasteiger partial charge in [0, 0.05) is 0 Å². The van der Waals surface area contributed by atoms with Crippen LogP contribution in [0, 0.1) is 0 Å². The quantitative estimate of drug-likeness (QED) is 0.716. The zero-order valence-corrected chi connectivity index (χ0v) is 11.3. The summed E-state index contributed by atoms with van der Waals surface area (Å²) in [4.78, 5) is 0. The third-order valence-corrected chi connectivity index (χ3v) is 4.06. The normalized spacial score (nSPS) is 20.2. The summed E-state index contributed by atoms with van der Waals surface area (Å²) in [7, 11) is 0. The molecule has 1 aromatic carbocycles. The highest BCUT2D eigenvalue weighted by atomic mass is 16.5. The van der Waals surface area contributed by atoms with E-state index in [1.165, 1.54) is 37.7 Å². The van der Waals surface area contributed by atoms with Crippen molar-refractivity contribution in [2.75, 3.05) is 0 Å². The Labute approximate surface area is 105 Å². The Balaban J connectivity index is 2.10. The van der Waals surface area contributed by atoms with E-state index in [0.717, 1.165) is 5.75 Å². The molecule has 1 aromatic rings. The molecule has 1 atom stereocenters. The highest BCUT2D eigenvalue weighted by Crippen LogP contribution is 2.34. The first-order chi connectivity index (χ1) is 8.13. The molecular formula is C16H24O. The zero-order valence-electron chi connectivity index (χ0n) is 11.3. The summed E-state index contributed by atoms with van der Waals surface area (Å²) >= 11 is 0. The van der Waals surface area contributed by atoms with Crippen LogP contribution in [-0.4, -0.2) is 5.60 Å². The lowest BCUT2D eigenvalue weighted by atomic mass is 9.98. The van der Waals surface area contributed by atoms with Gasteiger partial charge in [0.25, 0.3) is 0 Å². The first kappa shape index (κ1) is 12.5. The molecule has 1 saturated carbocycles. The second-order valence-corrected chi connectivity index (χ2v) is 5.64. The van der Waals surface area contributed by atoms with Crippen LogP contribution in [0.2, 0.25) is 0 Å². The molecule has 0 radical (unpaired) electrons. The van der Waals surface area contributed by atoms with Crippen LogP contribution >= 0.6 is 0 Å². The van der Waals surface area contributed by atoms with Crippen molar-refractivity contribution in [2.45, 2.75) is 64.4 Å². The monoisotopic (exact) mass is 232 g/mol. The van der Waals surface area contributed by atoms with Crippen LogP contribution in [0.15, 0.2) is 24.3 Å². The van der Waals surface area contributed by atoms with Gasteiger partial charge in [-0.1, -0.05) is 26.0 Å². The molecule has 0 N–H and O–H groups in total. The Morgan fingerprint density at radius 1 is 1.29 bits per heavy atom.